The van der Waals surface area contributed by atoms with E-state index in [1.54, 1.807) is 0 Å². The molecular formula is C17H27N3O. The van der Waals surface area contributed by atoms with Crippen LogP contribution >= 0.6 is 0 Å². The highest BCUT2D eigenvalue weighted by atomic mass is 16.2. The van der Waals surface area contributed by atoms with Crippen LogP contribution < -0.4 is 5.32 Å². The lowest BCUT2D eigenvalue weighted by Crippen LogP contribution is -2.31. The van der Waals surface area contributed by atoms with Crippen molar-refractivity contribution in [3.05, 3.63) is 23.9 Å². The summed E-state index contributed by atoms with van der Waals surface area (Å²) in [5.74, 6) is 1.42. The molecule has 116 valence electrons. The molecule has 1 aliphatic rings. The number of amides is 1. The van der Waals surface area contributed by atoms with E-state index >= 15 is 0 Å². The molecule has 2 rings (SSSR count). The van der Waals surface area contributed by atoms with Gasteiger partial charge in [-0.1, -0.05) is 33.8 Å². The zero-order valence-corrected chi connectivity index (χ0v) is 13.6. The van der Waals surface area contributed by atoms with Crippen molar-refractivity contribution in [1.29, 1.82) is 0 Å². The molecule has 0 saturated carbocycles. The predicted octanol–water partition coefficient (Wildman–Crippen LogP) is 3.41. The summed E-state index contributed by atoms with van der Waals surface area (Å²) in [6.07, 6.45) is 2.13. The minimum Gasteiger partial charge on any atom is -0.370 e. The maximum atomic E-state index is 12.6. The van der Waals surface area contributed by atoms with E-state index in [0.29, 0.717) is 11.6 Å². The van der Waals surface area contributed by atoms with Gasteiger partial charge in [-0.05, 0) is 36.3 Å². The van der Waals surface area contributed by atoms with Crippen LogP contribution in [0.5, 0.6) is 0 Å². The van der Waals surface area contributed by atoms with Crippen molar-refractivity contribution in [3.8, 4) is 0 Å². The third-order valence-electron chi connectivity index (χ3n) is 4.22. The maximum absolute atomic E-state index is 12.6. The number of pyridine rings is 1. The van der Waals surface area contributed by atoms with Crippen LogP contribution in [0, 0.1) is 11.3 Å². The van der Waals surface area contributed by atoms with Gasteiger partial charge in [-0.2, -0.15) is 0 Å². The Morgan fingerprint density at radius 2 is 2.19 bits per heavy atom. The van der Waals surface area contributed by atoms with Gasteiger partial charge in [-0.15, -0.1) is 0 Å². The summed E-state index contributed by atoms with van der Waals surface area (Å²) in [4.78, 5) is 19.0. The van der Waals surface area contributed by atoms with Gasteiger partial charge in [-0.3, -0.25) is 4.79 Å². The molecule has 1 aromatic heterocycles. The molecule has 21 heavy (non-hydrogen) atoms. The molecule has 1 aliphatic heterocycles. The minimum absolute atomic E-state index is 0.0573. The van der Waals surface area contributed by atoms with Crippen LogP contribution in [0.2, 0.25) is 0 Å². The van der Waals surface area contributed by atoms with Gasteiger partial charge >= 0.3 is 0 Å². The van der Waals surface area contributed by atoms with Crippen molar-refractivity contribution in [3.63, 3.8) is 0 Å². The Morgan fingerprint density at radius 1 is 1.43 bits per heavy atom. The molecule has 0 bridgehead atoms. The van der Waals surface area contributed by atoms with Gasteiger partial charge in [0.15, 0.2) is 0 Å². The number of likely N-dealkylation sites (tertiary alicyclic amines) is 1. The fraction of sp³-hybridized carbons (Fsp3) is 0.647. The maximum Gasteiger partial charge on any atom is 0.272 e. The predicted molar refractivity (Wildman–Crippen MR) is 86.5 cm³/mol. The van der Waals surface area contributed by atoms with Gasteiger partial charge < -0.3 is 10.2 Å². The Labute approximate surface area is 127 Å². The molecule has 1 atom stereocenters. The first-order chi connectivity index (χ1) is 9.91. The van der Waals surface area contributed by atoms with Gasteiger partial charge in [0.25, 0.3) is 5.91 Å². The normalized spacial score (nSPS) is 18.9. The fourth-order valence-electron chi connectivity index (χ4n) is 2.72. The summed E-state index contributed by atoms with van der Waals surface area (Å²) in [6.45, 7) is 11.4. The second-order valence-corrected chi connectivity index (χ2v) is 6.94. The van der Waals surface area contributed by atoms with Crippen LogP contribution in [-0.2, 0) is 0 Å². The average Bonchev–Trinajstić information content (AvgIpc) is 2.94. The van der Waals surface area contributed by atoms with Gasteiger partial charge in [0.1, 0.15) is 11.5 Å². The number of nitrogens with one attached hydrogen (secondary N) is 1. The van der Waals surface area contributed by atoms with E-state index in [-0.39, 0.29) is 11.3 Å². The summed E-state index contributed by atoms with van der Waals surface area (Å²) in [5.41, 5.74) is 0.804. The number of carbonyl (C=O) groups is 1. The highest BCUT2D eigenvalue weighted by molar-refractivity contribution is 5.92. The number of rotatable bonds is 4. The van der Waals surface area contributed by atoms with E-state index in [1.165, 1.54) is 0 Å². The fourth-order valence-corrected chi connectivity index (χ4v) is 2.72. The molecule has 0 aliphatic carbocycles. The molecule has 1 unspecified atom stereocenters. The van der Waals surface area contributed by atoms with Crippen molar-refractivity contribution >= 4 is 11.7 Å². The molecule has 4 heteroatoms. The Balaban J connectivity index is 2.04. The lowest BCUT2D eigenvalue weighted by atomic mass is 9.80. The van der Waals surface area contributed by atoms with Crippen LogP contribution in [0.3, 0.4) is 0 Å². The molecule has 1 fully saturated rings. The number of carbonyl (C=O) groups excluding carboxylic acids is 1. The largest absolute Gasteiger partial charge is 0.370 e. The second kappa shape index (κ2) is 6.46. The van der Waals surface area contributed by atoms with Gasteiger partial charge in [0, 0.05) is 19.6 Å². The van der Waals surface area contributed by atoms with Crippen molar-refractivity contribution in [1.82, 2.24) is 9.88 Å². The molecule has 0 spiro atoms. The molecule has 4 nitrogen and oxygen atoms in total. The summed E-state index contributed by atoms with van der Waals surface area (Å²) < 4.78 is 0. The molecule has 1 saturated heterocycles. The van der Waals surface area contributed by atoms with Gasteiger partial charge in [0.2, 0.25) is 0 Å². The Morgan fingerprint density at radius 3 is 2.81 bits per heavy atom. The molecule has 1 N–H and O–H groups in total. The summed E-state index contributed by atoms with van der Waals surface area (Å²) in [5, 5.41) is 3.23. The first-order valence-electron chi connectivity index (χ1n) is 7.92. The van der Waals surface area contributed by atoms with Gasteiger partial charge in [0.05, 0.1) is 0 Å². The third kappa shape index (κ3) is 3.96. The van der Waals surface area contributed by atoms with Crippen molar-refractivity contribution < 1.29 is 4.79 Å². The Bertz CT molecular complexity index is 493. The van der Waals surface area contributed by atoms with E-state index in [4.69, 9.17) is 0 Å². The number of hydrogen-bond acceptors (Lipinski definition) is 3. The summed E-state index contributed by atoms with van der Waals surface area (Å²) >= 11 is 0. The molecule has 1 aromatic rings. The zero-order valence-electron chi connectivity index (χ0n) is 13.6. The van der Waals surface area contributed by atoms with Crippen LogP contribution in [0.15, 0.2) is 18.2 Å². The van der Waals surface area contributed by atoms with Crippen molar-refractivity contribution in [2.75, 3.05) is 25.0 Å². The molecule has 0 radical (unpaired) electrons. The van der Waals surface area contributed by atoms with Gasteiger partial charge in [-0.25, -0.2) is 4.98 Å². The highest BCUT2D eigenvalue weighted by Gasteiger charge is 2.34. The molecule has 1 amide bonds. The Hall–Kier alpha value is -1.58. The highest BCUT2D eigenvalue weighted by Crippen LogP contribution is 2.33. The van der Waals surface area contributed by atoms with Crippen LogP contribution in [0.25, 0.3) is 0 Å². The summed E-state index contributed by atoms with van der Waals surface area (Å²) in [6, 6.07) is 5.62. The lowest BCUT2D eigenvalue weighted by molar-refractivity contribution is 0.0771. The monoisotopic (exact) mass is 289 g/mol. The standard InChI is InChI=1S/C17H27N3O/c1-5-10-18-15-8-6-7-14(19-15)16(21)20-11-9-13(12-20)17(2,3)4/h6-8,13H,5,9-12H2,1-4H3,(H,18,19). The average molecular weight is 289 g/mol. The number of hydrogen-bond donors (Lipinski definition) is 1. The van der Waals surface area contributed by atoms with E-state index in [0.717, 1.165) is 38.3 Å². The molecular weight excluding hydrogens is 262 g/mol. The number of anilines is 1. The smallest absolute Gasteiger partial charge is 0.272 e. The van der Waals surface area contributed by atoms with Crippen LogP contribution in [-0.4, -0.2) is 35.4 Å². The minimum atomic E-state index is 0.0573. The number of aromatic nitrogens is 1. The quantitative estimate of drug-likeness (QED) is 0.924. The molecule has 2 heterocycles. The zero-order chi connectivity index (χ0) is 15.5. The van der Waals surface area contributed by atoms with Crippen LogP contribution in [0.1, 0.15) is 51.0 Å². The van der Waals surface area contributed by atoms with Crippen LogP contribution in [0.4, 0.5) is 5.82 Å². The summed E-state index contributed by atoms with van der Waals surface area (Å²) in [7, 11) is 0. The van der Waals surface area contributed by atoms with E-state index in [9.17, 15) is 4.79 Å². The number of nitrogens with zero attached hydrogens (tertiary/aromatic N) is 2. The van der Waals surface area contributed by atoms with E-state index in [1.807, 2.05) is 23.1 Å². The van der Waals surface area contributed by atoms with Crippen molar-refractivity contribution in [2.24, 2.45) is 11.3 Å². The van der Waals surface area contributed by atoms with E-state index < -0.39 is 0 Å². The topological polar surface area (TPSA) is 45.2 Å². The Kier molecular flexibility index (Phi) is 4.86. The second-order valence-electron chi connectivity index (χ2n) is 6.94. The van der Waals surface area contributed by atoms with E-state index in [2.05, 4.69) is 38.0 Å². The first-order valence-corrected chi connectivity index (χ1v) is 7.92. The first kappa shape index (κ1) is 15.8. The SMILES string of the molecule is CCCNc1cccc(C(=O)N2CCC(C(C)(C)C)C2)n1. The molecule has 0 aromatic carbocycles. The third-order valence-corrected chi connectivity index (χ3v) is 4.22. The van der Waals surface area contributed by atoms with Crippen molar-refractivity contribution in [2.45, 2.75) is 40.5 Å². The lowest BCUT2D eigenvalue weighted by Gasteiger charge is -2.26.